The molecule has 2 aliphatic rings. The van der Waals surface area contributed by atoms with Crippen LogP contribution in [0.2, 0.25) is 0 Å². The number of fused-ring (bicyclic) bond motifs is 1. The van der Waals surface area contributed by atoms with Gasteiger partial charge in [-0.05, 0) is 24.8 Å². The average Bonchev–Trinajstić information content (AvgIpc) is 3.36. The van der Waals surface area contributed by atoms with Gasteiger partial charge >= 0.3 is 0 Å². The highest BCUT2D eigenvalue weighted by Crippen LogP contribution is 2.43. The molecule has 5 nitrogen and oxygen atoms in total. The van der Waals surface area contributed by atoms with Crippen LogP contribution >= 0.6 is 22.7 Å². The predicted octanol–water partition coefficient (Wildman–Crippen LogP) is 3.47. The number of likely N-dealkylation sites (tertiary alicyclic amines) is 1. The summed E-state index contributed by atoms with van der Waals surface area (Å²) in [4.78, 5) is 25.0. The molecule has 0 N–H and O–H groups in total. The second-order valence-corrected chi connectivity index (χ2v) is 9.04. The van der Waals surface area contributed by atoms with Crippen molar-refractivity contribution < 1.29 is 4.79 Å². The summed E-state index contributed by atoms with van der Waals surface area (Å²) in [6, 6.07) is 4.23. The second-order valence-electron chi connectivity index (χ2n) is 7.03. The first kappa shape index (κ1) is 15.3. The van der Waals surface area contributed by atoms with E-state index in [0.29, 0.717) is 5.69 Å². The molecule has 0 aliphatic carbocycles. The lowest BCUT2D eigenvalue weighted by Gasteiger charge is -2.23. The lowest BCUT2D eigenvalue weighted by Crippen LogP contribution is -2.33. The van der Waals surface area contributed by atoms with Crippen LogP contribution in [0, 0.1) is 12.3 Å². The van der Waals surface area contributed by atoms with Crippen molar-refractivity contribution in [3.63, 3.8) is 0 Å². The molecule has 0 saturated carbocycles. The summed E-state index contributed by atoms with van der Waals surface area (Å²) < 4.78 is 2.35. The van der Waals surface area contributed by atoms with Gasteiger partial charge in [0.05, 0.1) is 21.8 Å². The third-order valence-electron chi connectivity index (χ3n) is 5.30. The van der Waals surface area contributed by atoms with Crippen LogP contribution in [0.1, 0.15) is 27.7 Å². The SMILES string of the molecule is Cc1nc(C(=O)N2CC[C@]3(Cc4ncc(-c5cccs5)n4C3)C2)cs1. The number of thiophene rings is 1. The van der Waals surface area contributed by atoms with E-state index in [4.69, 9.17) is 0 Å². The molecule has 3 aromatic rings. The fourth-order valence-electron chi connectivity index (χ4n) is 4.08. The van der Waals surface area contributed by atoms with Crippen LogP contribution in [0.3, 0.4) is 0 Å². The fourth-order valence-corrected chi connectivity index (χ4v) is 5.42. The molecule has 0 aromatic carbocycles. The van der Waals surface area contributed by atoms with Crippen molar-refractivity contribution in [3.05, 3.63) is 45.6 Å². The number of hydrogen-bond acceptors (Lipinski definition) is 5. The van der Waals surface area contributed by atoms with Gasteiger partial charge in [0.25, 0.3) is 5.91 Å². The molecule has 3 aromatic heterocycles. The summed E-state index contributed by atoms with van der Waals surface area (Å²) in [6.45, 7) is 4.51. The van der Waals surface area contributed by atoms with Crippen molar-refractivity contribution in [2.45, 2.75) is 26.3 Å². The van der Waals surface area contributed by atoms with Crippen LogP contribution < -0.4 is 0 Å². The van der Waals surface area contributed by atoms with E-state index in [2.05, 4.69) is 32.0 Å². The van der Waals surface area contributed by atoms with Crippen molar-refractivity contribution in [2.75, 3.05) is 13.1 Å². The Labute approximate surface area is 154 Å². The Balaban J connectivity index is 1.37. The molecular formula is C18H18N4OS2. The summed E-state index contributed by atoms with van der Waals surface area (Å²) in [5.41, 5.74) is 1.94. The molecule has 25 heavy (non-hydrogen) atoms. The van der Waals surface area contributed by atoms with Crippen molar-refractivity contribution in [2.24, 2.45) is 5.41 Å². The Hall–Kier alpha value is -1.99. The number of aromatic nitrogens is 3. The van der Waals surface area contributed by atoms with Gasteiger partial charge in [0.1, 0.15) is 11.5 Å². The number of rotatable bonds is 2. The van der Waals surface area contributed by atoms with E-state index >= 15 is 0 Å². The molecule has 5 rings (SSSR count). The van der Waals surface area contributed by atoms with Gasteiger partial charge in [-0.1, -0.05) is 6.07 Å². The first-order chi connectivity index (χ1) is 12.1. The molecule has 5 heterocycles. The molecule has 0 radical (unpaired) electrons. The van der Waals surface area contributed by atoms with Crippen LogP contribution in [-0.2, 0) is 13.0 Å². The van der Waals surface area contributed by atoms with E-state index in [0.717, 1.165) is 43.3 Å². The minimum Gasteiger partial charge on any atom is -0.337 e. The van der Waals surface area contributed by atoms with E-state index < -0.39 is 0 Å². The van der Waals surface area contributed by atoms with Crippen LogP contribution in [0.25, 0.3) is 10.6 Å². The van der Waals surface area contributed by atoms with Gasteiger partial charge in [-0.15, -0.1) is 22.7 Å². The van der Waals surface area contributed by atoms with Gasteiger partial charge in [-0.25, -0.2) is 9.97 Å². The smallest absolute Gasteiger partial charge is 0.273 e. The third-order valence-corrected chi connectivity index (χ3v) is 6.97. The highest BCUT2D eigenvalue weighted by atomic mass is 32.1. The zero-order valence-electron chi connectivity index (χ0n) is 13.9. The van der Waals surface area contributed by atoms with E-state index in [1.807, 2.05) is 23.4 Å². The lowest BCUT2D eigenvalue weighted by atomic mass is 9.86. The van der Waals surface area contributed by atoms with Crippen LogP contribution in [0.15, 0.2) is 29.1 Å². The molecule has 1 spiro atoms. The first-order valence-corrected chi connectivity index (χ1v) is 10.2. The standard InChI is InChI=1S/C18H18N4OS2/c1-12-20-13(9-25-12)17(23)21-5-4-18(10-21)7-16-19-8-14(22(16)11-18)15-3-2-6-24-15/h2-3,6,8-9H,4-5,7,10-11H2,1H3/t18-/m0/s1. The lowest BCUT2D eigenvalue weighted by molar-refractivity contribution is 0.0766. The van der Waals surface area contributed by atoms with E-state index in [9.17, 15) is 4.79 Å². The highest BCUT2D eigenvalue weighted by molar-refractivity contribution is 7.13. The zero-order valence-corrected chi connectivity index (χ0v) is 15.6. The van der Waals surface area contributed by atoms with E-state index in [-0.39, 0.29) is 11.3 Å². The number of hydrogen-bond donors (Lipinski definition) is 0. The second kappa shape index (κ2) is 5.51. The number of amides is 1. The van der Waals surface area contributed by atoms with Gasteiger partial charge in [0.2, 0.25) is 0 Å². The number of carbonyl (C=O) groups is 1. The average molecular weight is 371 g/mol. The molecule has 1 saturated heterocycles. The largest absolute Gasteiger partial charge is 0.337 e. The Kier molecular flexibility index (Phi) is 3.36. The minimum atomic E-state index is 0.0734. The maximum atomic E-state index is 12.7. The zero-order chi connectivity index (χ0) is 17.0. The highest BCUT2D eigenvalue weighted by Gasteiger charge is 2.46. The van der Waals surface area contributed by atoms with Crippen molar-refractivity contribution in [1.82, 2.24) is 19.4 Å². The van der Waals surface area contributed by atoms with Gasteiger partial charge in [0, 0.05) is 36.9 Å². The van der Waals surface area contributed by atoms with Crippen LogP contribution in [0.4, 0.5) is 0 Å². The van der Waals surface area contributed by atoms with Crippen molar-refractivity contribution in [1.29, 1.82) is 0 Å². The predicted molar refractivity (Wildman–Crippen MR) is 99.0 cm³/mol. The molecule has 2 aliphatic heterocycles. The molecular weight excluding hydrogens is 352 g/mol. The topological polar surface area (TPSA) is 51.0 Å². The van der Waals surface area contributed by atoms with E-state index in [1.165, 1.54) is 21.9 Å². The Bertz CT molecular complexity index is 942. The van der Waals surface area contributed by atoms with Gasteiger partial charge in [-0.3, -0.25) is 4.79 Å². The van der Waals surface area contributed by atoms with Gasteiger partial charge in [-0.2, -0.15) is 0 Å². The molecule has 1 amide bonds. The molecule has 1 atom stereocenters. The minimum absolute atomic E-state index is 0.0734. The van der Waals surface area contributed by atoms with E-state index in [1.54, 1.807) is 11.3 Å². The maximum Gasteiger partial charge on any atom is 0.273 e. The molecule has 0 bridgehead atoms. The quantitative estimate of drug-likeness (QED) is 0.694. The maximum absolute atomic E-state index is 12.7. The van der Waals surface area contributed by atoms with Crippen LogP contribution in [-0.4, -0.2) is 38.4 Å². The summed E-state index contributed by atoms with van der Waals surface area (Å²) in [5.74, 6) is 1.23. The molecule has 1 fully saturated rings. The Morgan fingerprint density at radius 3 is 3.00 bits per heavy atom. The van der Waals surface area contributed by atoms with Gasteiger partial charge < -0.3 is 9.47 Å². The normalized spacial score (nSPS) is 22.0. The summed E-state index contributed by atoms with van der Waals surface area (Å²) in [6.07, 6.45) is 3.98. The summed E-state index contributed by atoms with van der Waals surface area (Å²) in [5, 5.41) is 4.92. The molecule has 7 heteroatoms. The third kappa shape index (κ3) is 2.45. The number of thiazole rings is 1. The number of carbonyl (C=O) groups excluding carboxylic acids is 1. The van der Waals surface area contributed by atoms with Gasteiger partial charge in [0.15, 0.2) is 0 Å². The number of imidazole rings is 1. The van der Waals surface area contributed by atoms with Crippen molar-refractivity contribution in [3.8, 4) is 10.6 Å². The van der Waals surface area contributed by atoms with Crippen molar-refractivity contribution >= 4 is 28.6 Å². The number of aryl methyl sites for hydroxylation is 1. The summed E-state index contributed by atoms with van der Waals surface area (Å²) in [7, 11) is 0. The Morgan fingerprint density at radius 2 is 2.24 bits per heavy atom. The molecule has 0 unspecified atom stereocenters. The van der Waals surface area contributed by atoms with Crippen LogP contribution in [0.5, 0.6) is 0 Å². The Morgan fingerprint density at radius 1 is 1.32 bits per heavy atom. The fraction of sp³-hybridized carbons (Fsp3) is 0.389. The summed E-state index contributed by atoms with van der Waals surface area (Å²) >= 11 is 3.29. The number of nitrogens with zero attached hydrogens (tertiary/aromatic N) is 4. The monoisotopic (exact) mass is 370 g/mol. The molecule has 128 valence electrons. The first-order valence-electron chi connectivity index (χ1n) is 8.43.